The molecule has 1 aliphatic rings. The number of hydrogen-bond acceptors (Lipinski definition) is 3. The fraction of sp³-hybridized carbons (Fsp3) is 0.500. The molecule has 1 fully saturated rings. The Bertz CT molecular complexity index is 487. The van der Waals surface area contributed by atoms with E-state index in [9.17, 15) is 9.90 Å². The summed E-state index contributed by atoms with van der Waals surface area (Å²) in [5.41, 5.74) is -0.447. The molecule has 2 N–H and O–H groups in total. The van der Waals surface area contributed by atoms with E-state index in [0.29, 0.717) is 5.75 Å². The molecule has 110 valence electrons. The molecule has 0 bridgehead atoms. The molecule has 1 amide bonds. The zero-order valence-electron chi connectivity index (χ0n) is 11.0. The topological polar surface area (TPSA) is 58.6 Å². The predicted molar refractivity (Wildman–Crippen MR) is 83.8 cm³/mol. The summed E-state index contributed by atoms with van der Waals surface area (Å²) in [6.07, 6.45) is 3.74. The summed E-state index contributed by atoms with van der Waals surface area (Å²) in [7, 11) is 0. The van der Waals surface area contributed by atoms with Crippen LogP contribution >= 0.6 is 31.9 Å². The van der Waals surface area contributed by atoms with Gasteiger partial charge in [-0.3, -0.25) is 4.79 Å². The van der Waals surface area contributed by atoms with E-state index in [1.54, 1.807) is 6.07 Å². The lowest BCUT2D eigenvalue weighted by Crippen LogP contribution is -2.50. The summed E-state index contributed by atoms with van der Waals surface area (Å²) in [6.45, 7) is -0.0668. The van der Waals surface area contributed by atoms with Crippen molar-refractivity contribution in [1.29, 1.82) is 0 Å². The van der Waals surface area contributed by atoms with Gasteiger partial charge in [0.05, 0.1) is 16.6 Å². The van der Waals surface area contributed by atoms with Crippen LogP contribution in [0.2, 0.25) is 0 Å². The number of nitrogens with one attached hydrogen (secondary N) is 1. The van der Waals surface area contributed by atoms with Crippen molar-refractivity contribution >= 4 is 37.8 Å². The van der Waals surface area contributed by atoms with Crippen LogP contribution in [0.1, 0.15) is 25.7 Å². The van der Waals surface area contributed by atoms with E-state index in [2.05, 4.69) is 37.2 Å². The van der Waals surface area contributed by atoms with Crippen molar-refractivity contribution in [3.05, 3.63) is 27.1 Å². The number of carbonyl (C=O) groups excluding carboxylic acids is 1. The van der Waals surface area contributed by atoms with Gasteiger partial charge in [0.2, 0.25) is 0 Å². The van der Waals surface area contributed by atoms with Gasteiger partial charge in [-0.05, 0) is 47.0 Å². The van der Waals surface area contributed by atoms with Gasteiger partial charge in [0.15, 0.2) is 6.61 Å². The molecule has 0 heterocycles. The standard InChI is InChI=1S/C14H17Br2NO3/c15-10-3-4-12(11(16)7-10)20-8-13(19)17-14(9-18)5-1-2-6-14/h3-4,7,18H,1-2,5-6,8-9H2,(H,17,19). The molecule has 1 saturated carbocycles. The maximum Gasteiger partial charge on any atom is 0.258 e. The van der Waals surface area contributed by atoms with Crippen molar-refractivity contribution in [2.45, 2.75) is 31.2 Å². The highest BCUT2D eigenvalue weighted by Crippen LogP contribution is 2.30. The van der Waals surface area contributed by atoms with Crippen molar-refractivity contribution < 1.29 is 14.6 Å². The van der Waals surface area contributed by atoms with Crippen LogP contribution in [0, 0.1) is 0 Å². The summed E-state index contributed by atoms with van der Waals surface area (Å²) in [6, 6.07) is 5.50. The zero-order valence-corrected chi connectivity index (χ0v) is 14.2. The highest BCUT2D eigenvalue weighted by atomic mass is 79.9. The summed E-state index contributed by atoms with van der Waals surface area (Å²) in [5, 5.41) is 12.4. The molecule has 6 heteroatoms. The molecular formula is C14H17Br2NO3. The highest BCUT2D eigenvalue weighted by molar-refractivity contribution is 9.11. The number of aliphatic hydroxyl groups excluding tert-OH is 1. The van der Waals surface area contributed by atoms with Gasteiger partial charge in [-0.1, -0.05) is 28.8 Å². The lowest BCUT2D eigenvalue weighted by Gasteiger charge is -2.27. The first-order valence-corrected chi connectivity index (χ1v) is 8.13. The van der Waals surface area contributed by atoms with Gasteiger partial charge in [0.25, 0.3) is 5.91 Å². The second-order valence-corrected chi connectivity index (χ2v) is 6.83. The minimum absolute atomic E-state index is 0.0132. The molecule has 0 atom stereocenters. The van der Waals surface area contributed by atoms with E-state index in [1.807, 2.05) is 12.1 Å². The third-order valence-electron chi connectivity index (χ3n) is 3.52. The third kappa shape index (κ3) is 3.96. The molecular weight excluding hydrogens is 390 g/mol. The minimum Gasteiger partial charge on any atom is -0.483 e. The molecule has 20 heavy (non-hydrogen) atoms. The average molecular weight is 407 g/mol. The predicted octanol–water partition coefficient (Wildman–Crippen LogP) is 3.01. The van der Waals surface area contributed by atoms with E-state index in [-0.39, 0.29) is 19.1 Å². The lowest BCUT2D eigenvalue weighted by atomic mass is 9.99. The smallest absolute Gasteiger partial charge is 0.258 e. The lowest BCUT2D eigenvalue weighted by molar-refractivity contribution is -0.125. The Balaban J connectivity index is 1.89. The molecule has 1 aromatic rings. The Morgan fingerprint density at radius 3 is 2.65 bits per heavy atom. The van der Waals surface area contributed by atoms with E-state index >= 15 is 0 Å². The fourth-order valence-corrected chi connectivity index (χ4v) is 3.60. The summed E-state index contributed by atoms with van der Waals surface area (Å²) in [5.74, 6) is 0.420. The maximum absolute atomic E-state index is 11.9. The van der Waals surface area contributed by atoms with Crippen molar-refractivity contribution in [3.8, 4) is 5.75 Å². The first kappa shape index (κ1) is 15.8. The van der Waals surface area contributed by atoms with E-state index in [1.165, 1.54) is 0 Å². The largest absolute Gasteiger partial charge is 0.483 e. The minimum atomic E-state index is -0.447. The Morgan fingerprint density at radius 2 is 2.05 bits per heavy atom. The summed E-state index contributed by atoms with van der Waals surface area (Å²) >= 11 is 6.74. The second-order valence-electron chi connectivity index (χ2n) is 5.06. The van der Waals surface area contributed by atoms with Gasteiger partial charge >= 0.3 is 0 Å². The highest BCUT2D eigenvalue weighted by Gasteiger charge is 2.34. The number of amides is 1. The van der Waals surface area contributed by atoms with Crippen LogP contribution in [0.5, 0.6) is 5.75 Å². The maximum atomic E-state index is 11.9. The van der Waals surface area contributed by atoms with Crippen molar-refractivity contribution in [2.75, 3.05) is 13.2 Å². The SMILES string of the molecule is O=C(COc1ccc(Br)cc1Br)NC1(CO)CCCC1. The Kier molecular flexibility index (Phi) is 5.46. The van der Waals surface area contributed by atoms with Crippen LogP contribution in [0.15, 0.2) is 27.1 Å². The second kappa shape index (κ2) is 6.91. The molecule has 2 rings (SSSR count). The molecule has 0 radical (unpaired) electrons. The van der Waals surface area contributed by atoms with Gasteiger partial charge in [-0.2, -0.15) is 0 Å². The van der Waals surface area contributed by atoms with Crippen LogP contribution in [0.3, 0.4) is 0 Å². The number of aliphatic hydroxyl groups is 1. The first-order valence-electron chi connectivity index (χ1n) is 6.54. The molecule has 1 aliphatic carbocycles. The molecule has 4 nitrogen and oxygen atoms in total. The van der Waals surface area contributed by atoms with Crippen molar-refractivity contribution in [1.82, 2.24) is 5.32 Å². The number of hydrogen-bond donors (Lipinski definition) is 2. The quantitative estimate of drug-likeness (QED) is 0.790. The van der Waals surface area contributed by atoms with Gasteiger partial charge < -0.3 is 15.2 Å². The Labute approximate surface area is 135 Å². The molecule has 0 aliphatic heterocycles. The number of carbonyl (C=O) groups is 1. The normalized spacial score (nSPS) is 16.9. The van der Waals surface area contributed by atoms with Gasteiger partial charge in [-0.25, -0.2) is 0 Å². The van der Waals surface area contributed by atoms with Gasteiger partial charge in [0.1, 0.15) is 5.75 Å². The third-order valence-corrected chi connectivity index (χ3v) is 4.63. The molecule has 0 spiro atoms. The summed E-state index contributed by atoms with van der Waals surface area (Å²) in [4.78, 5) is 11.9. The number of halogens is 2. The molecule has 0 unspecified atom stereocenters. The number of rotatable bonds is 5. The number of benzene rings is 1. The Hall–Kier alpha value is -0.590. The van der Waals surface area contributed by atoms with E-state index < -0.39 is 5.54 Å². The first-order chi connectivity index (χ1) is 9.54. The fourth-order valence-electron chi connectivity index (χ4n) is 2.44. The van der Waals surface area contributed by atoms with Crippen LogP contribution in [0.25, 0.3) is 0 Å². The van der Waals surface area contributed by atoms with Crippen LogP contribution in [-0.2, 0) is 4.79 Å². The van der Waals surface area contributed by atoms with Crippen LogP contribution < -0.4 is 10.1 Å². The monoisotopic (exact) mass is 405 g/mol. The van der Waals surface area contributed by atoms with Crippen molar-refractivity contribution in [3.63, 3.8) is 0 Å². The average Bonchev–Trinajstić information content (AvgIpc) is 2.87. The van der Waals surface area contributed by atoms with Gasteiger partial charge in [-0.15, -0.1) is 0 Å². The zero-order chi connectivity index (χ0) is 14.6. The van der Waals surface area contributed by atoms with Crippen LogP contribution in [0.4, 0.5) is 0 Å². The molecule has 0 aromatic heterocycles. The van der Waals surface area contributed by atoms with Gasteiger partial charge in [0, 0.05) is 4.47 Å². The Morgan fingerprint density at radius 1 is 1.35 bits per heavy atom. The summed E-state index contributed by atoms with van der Waals surface area (Å²) < 4.78 is 7.22. The van der Waals surface area contributed by atoms with Crippen molar-refractivity contribution in [2.24, 2.45) is 0 Å². The van der Waals surface area contributed by atoms with E-state index in [4.69, 9.17) is 4.74 Å². The van der Waals surface area contributed by atoms with E-state index in [0.717, 1.165) is 34.6 Å². The number of ether oxygens (including phenoxy) is 1. The molecule has 1 aromatic carbocycles. The molecule has 0 saturated heterocycles. The van der Waals surface area contributed by atoms with Crippen LogP contribution in [-0.4, -0.2) is 29.8 Å².